The third-order valence-corrected chi connectivity index (χ3v) is 2.87. The normalized spacial score (nSPS) is 14.9. The zero-order valence-corrected chi connectivity index (χ0v) is 9.65. The SMILES string of the molecule is O=C(NCCC(=O)N1CCCC1)c1ccoc1. The van der Waals surface area contributed by atoms with Crippen LogP contribution in [0.25, 0.3) is 0 Å². The monoisotopic (exact) mass is 236 g/mol. The minimum absolute atomic E-state index is 0.120. The molecule has 2 heterocycles. The molecule has 1 fully saturated rings. The summed E-state index contributed by atoms with van der Waals surface area (Å²) in [7, 11) is 0. The van der Waals surface area contributed by atoms with Crippen molar-refractivity contribution in [3.05, 3.63) is 24.2 Å². The van der Waals surface area contributed by atoms with Gasteiger partial charge in [-0.1, -0.05) is 0 Å². The number of nitrogens with one attached hydrogen (secondary N) is 1. The van der Waals surface area contributed by atoms with Gasteiger partial charge in [0.1, 0.15) is 6.26 Å². The molecule has 92 valence electrons. The van der Waals surface area contributed by atoms with E-state index in [4.69, 9.17) is 4.42 Å². The molecular weight excluding hydrogens is 220 g/mol. The van der Waals surface area contributed by atoms with Crippen LogP contribution in [0.5, 0.6) is 0 Å². The number of amides is 2. The van der Waals surface area contributed by atoms with Crippen molar-refractivity contribution in [1.82, 2.24) is 10.2 Å². The van der Waals surface area contributed by atoms with Crippen LogP contribution in [-0.4, -0.2) is 36.3 Å². The van der Waals surface area contributed by atoms with E-state index in [1.807, 2.05) is 4.90 Å². The molecule has 5 nitrogen and oxygen atoms in total. The van der Waals surface area contributed by atoms with Crippen molar-refractivity contribution >= 4 is 11.8 Å². The van der Waals surface area contributed by atoms with Gasteiger partial charge in [-0.2, -0.15) is 0 Å². The number of carbonyl (C=O) groups excluding carboxylic acids is 2. The minimum atomic E-state index is -0.201. The summed E-state index contributed by atoms with van der Waals surface area (Å²) in [6, 6.07) is 1.59. The maximum atomic E-state index is 11.7. The fourth-order valence-electron chi connectivity index (χ4n) is 1.90. The van der Waals surface area contributed by atoms with Crippen LogP contribution < -0.4 is 5.32 Å². The van der Waals surface area contributed by atoms with Crippen molar-refractivity contribution in [2.24, 2.45) is 0 Å². The number of carbonyl (C=O) groups is 2. The maximum absolute atomic E-state index is 11.7. The molecule has 1 N–H and O–H groups in total. The molecule has 0 atom stereocenters. The van der Waals surface area contributed by atoms with Crippen LogP contribution in [0.3, 0.4) is 0 Å². The summed E-state index contributed by atoms with van der Waals surface area (Å²) < 4.78 is 4.81. The van der Waals surface area contributed by atoms with E-state index < -0.39 is 0 Å². The molecule has 1 aromatic rings. The molecule has 0 aromatic carbocycles. The first-order valence-electron chi connectivity index (χ1n) is 5.85. The van der Waals surface area contributed by atoms with Gasteiger partial charge in [0.15, 0.2) is 0 Å². The molecule has 1 aliphatic rings. The largest absolute Gasteiger partial charge is 0.472 e. The Balaban J connectivity index is 1.69. The van der Waals surface area contributed by atoms with Gasteiger partial charge in [-0.3, -0.25) is 9.59 Å². The molecule has 0 saturated carbocycles. The molecular formula is C12H16N2O3. The lowest BCUT2D eigenvalue weighted by molar-refractivity contribution is -0.129. The first-order chi connectivity index (χ1) is 8.27. The molecule has 1 saturated heterocycles. The van der Waals surface area contributed by atoms with Gasteiger partial charge in [-0.05, 0) is 18.9 Å². The van der Waals surface area contributed by atoms with E-state index in [-0.39, 0.29) is 11.8 Å². The van der Waals surface area contributed by atoms with Crippen molar-refractivity contribution in [2.45, 2.75) is 19.3 Å². The number of nitrogens with zero attached hydrogens (tertiary/aromatic N) is 1. The number of hydrogen-bond donors (Lipinski definition) is 1. The van der Waals surface area contributed by atoms with Gasteiger partial charge in [0.05, 0.1) is 11.8 Å². The third-order valence-electron chi connectivity index (χ3n) is 2.87. The lowest BCUT2D eigenvalue weighted by Crippen LogP contribution is -2.32. The number of hydrogen-bond acceptors (Lipinski definition) is 3. The molecule has 0 spiro atoms. The zero-order valence-electron chi connectivity index (χ0n) is 9.65. The fraction of sp³-hybridized carbons (Fsp3) is 0.500. The van der Waals surface area contributed by atoms with Gasteiger partial charge in [-0.25, -0.2) is 0 Å². The van der Waals surface area contributed by atoms with Crippen LogP contribution in [0.2, 0.25) is 0 Å². The van der Waals surface area contributed by atoms with E-state index in [0.29, 0.717) is 18.5 Å². The maximum Gasteiger partial charge on any atom is 0.254 e. The van der Waals surface area contributed by atoms with Crippen LogP contribution in [0, 0.1) is 0 Å². The average molecular weight is 236 g/mol. The van der Waals surface area contributed by atoms with Gasteiger partial charge in [0.2, 0.25) is 5.91 Å². The second kappa shape index (κ2) is 5.52. The topological polar surface area (TPSA) is 62.6 Å². The van der Waals surface area contributed by atoms with E-state index in [2.05, 4.69) is 5.32 Å². The Morgan fingerprint density at radius 2 is 2.12 bits per heavy atom. The number of rotatable bonds is 4. The Morgan fingerprint density at radius 3 is 2.76 bits per heavy atom. The molecule has 0 aliphatic carbocycles. The Hall–Kier alpha value is -1.78. The fourth-order valence-corrected chi connectivity index (χ4v) is 1.90. The number of furan rings is 1. The zero-order chi connectivity index (χ0) is 12.1. The second-order valence-corrected chi connectivity index (χ2v) is 4.11. The third kappa shape index (κ3) is 3.09. The smallest absolute Gasteiger partial charge is 0.254 e. The van der Waals surface area contributed by atoms with Gasteiger partial charge < -0.3 is 14.6 Å². The van der Waals surface area contributed by atoms with Crippen molar-refractivity contribution < 1.29 is 14.0 Å². The lowest BCUT2D eigenvalue weighted by Gasteiger charge is -2.14. The van der Waals surface area contributed by atoms with E-state index in [0.717, 1.165) is 25.9 Å². The summed E-state index contributed by atoms with van der Waals surface area (Å²) in [6.07, 6.45) is 5.38. The summed E-state index contributed by atoms with van der Waals surface area (Å²) in [5.41, 5.74) is 0.485. The van der Waals surface area contributed by atoms with Crippen molar-refractivity contribution in [3.8, 4) is 0 Å². The van der Waals surface area contributed by atoms with E-state index >= 15 is 0 Å². The first kappa shape index (κ1) is 11.7. The van der Waals surface area contributed by atoms with Crippen molar-refractivity contribution in [3.63, 3.8) is 0 Å². The summed E-state index contributed by atoms with van der Waals surface area (Å²) >= 11 is 0. The van der Waals surface area contributed by atoms with E-state index in [9.17, 15) is 9.59 Å². The van der Waals surface area contributed by atoms with Crippen molar-refractivity contribution in [2.75, 3.05) is 19.6 Å². The quantitative estimate of drug-likeness (QED) is 0.849. The summed E-state index contributed by atoms with van der Waals surface area (Å²) in [6.45, 7) is 2.09. The van der Waals surface area contributed by atoms with Crippen LogP contribution in [0.1, 0.15) is 29.6 Å². The molecule has 0 unspecified atom stereocenters. The highest BCUT2D eigenvalue weighted by atomic mass is 16.3. The van der Waals surface area contributed by atoms with Crippen LogP contribution >= 0.6 is 0 Å². The summed E-state index contributed by atoms with van der Waals surface area (Å²) in [4.78, 5) is 25.0. The molecule has 1 aromatic heterocycles. The molecule has 2 rings (SSSR count). The predicted octanol–water partition coefficient (Wildman–Crippen LogP) is 1.02. The summed E-state index contributed by atoms with van der Waals surface area (Å²) in [5.74, 6) is -0.0806. The Morgan fingerprint density at radius 1 is 1.35 bits per heavy atom. The molecule has 0 bridgehead atoms. The van der Waals surface area contributed by atoms with Crippen LogP contribution in [0.15, 0.2) is 23.0 Å². The standard InChI is InChI=1S/C12H16N2O3/c15-11(14-6-1-2-7-14)3-5-13-12(16)10-4-8-17-9-10/h4,8-9H,1-3,5-7H2,(H,13,16). The van der Waals surface area contributed by atoms with Gasteiger partial charge in [0, 0.05) is 26.1 Å². The highest BCUT2D eigenvalue weighted by molar-refractivity contribution is 5.94. The molecule has 0 radical (unpaired) electrons. The Kier molecular flexibility index (Phi) is 3.80. The highest BCUT2D eigenvalue weighted by Gasteiger charge is 2.17. The molecule has 2 amide bonds. The van der Waals surface area contributed by atoms with Gasteiger partial charge in [0.25, 0.3) is 5.91 Å². The molecule has 1 aliphatic heterocycles. The second-order valence-electron chi connectivity index (χ2n) is 4.11. The van der Waals surface area contributed by atoms with E-state index in [1.54, 1.807) is 6.07 Å². The van der Waals surface area contributed by atoms with E-state index in [1.165, 1.54) is 12.5 Å². The Bertz CT molecular complexity index is 380. The minimum Gasteiger partial charge on any atom is -0.472 e. The van der Waals surface area contributed by atoms with Gasteiger partial charge in [-0.15, -0.1) is 0 Å². The van der Waals surface area contributed by atoms with Crippen LogP contribution in [-0.2, 0) is 4.79 Å². The van der Waals surface area contributed by atoms with Crippen LogP contribution in [0.4, 0.5) is 0 Å². The Labute approximate surface area is 99.8 Å². The molecule has 17 heavy (non-hydrogen) atoms. The summed E-state index contributed by atoms with van der Waals surface area (Å²) in [5, 5.41) is 2.69. The number of likely N-dealkylation sites (tertiary alicyclic amines) is 1. The highest BCUT2D eigenvalue weighted by Crippen LogP contribution is 2.08. The lowest BCUT2D eigenvalue weighted by atomic mass is 10.3. The van der Waals surface area contributed by atoms with Crippen molar-refractivity contribution in [1.29, 1.82) is 0 Å². The average Bonchev–Trinajstić information content (AvgIpc) is 3.02. The molecule has 5 heteroatoms. The predicted molar refractivity (Wildman–Crippen MR) is 61.5 cm³/mol. The van der Waals surface area contributed by atoms with Gasteiger partial charge >= 0.3 is 0 Å². The first-order valence-corrected chi connectivity index (χ1v) is 5.85.